The Labute approximate surface area is 151 Å². The average Bonchev–Trinajstić information content (AvgIpc) is 2.58. The third kappa shape index (κ3) is 6.61. The average molecular weight is 339 g/mol. The van der Waals surface area contributed by atoms with E-state index in [2.05, 4.69) is 55.6 Å². The fourth-order valence-electron chi connectivity index (χ4n) is 2.67. The molecule has 25 heavy (non-hydrogen) atoms. The first-order valence-electron chi connectivity index (χ1n) is 9.03. The van der Waals surface area contributed by atoms with Gasteiger partial charge in [-0.05, 0) is 54.5 Å². The third-order valence-electron chi connectivity index (χ3n) is 4.04. The molecular formula is C22H29NO2. The van der Waals surface area contributed by atoms with Crippen LogP contribution < -0.4 is 10.1 Å². The monoisotopic (exact) mass is 339 g/mol. The topological polar surface area (TPSA) is 38.3 Å². The van der Waals surface area contributed by atoms with Crippen molar-refractivity contribution in [1.29, 1.82) is 0 Å². The Morgan fingerprint density at radius 3 is 2.04 bits per heavy atom. The molecular weight excluding hydrogens is 310 g/mol. The molecule has 2 rings (SSSR count). The van der Waals surface area contributed by atoms with Crippen molar-refractivity contribution in [1.82, 2.24) is 5.32 Å². The summed E-state index contributed by atoms with van der Waals surface area (Å²) >= 11 is 0. The molecule has 0 aliphatic heterocycles. The molecule has 0 aliphatic rings. The molecule has 0 saturated carbocycles. The van der Waals surface area contributed by atoms with E-state index in [0.29, 0.717) is 5.92 Å². The summed E-state index contributed by atoms with van der Waals surface area (Å²) in [4.78, 5) is 11.0. The second kappa shape index (κ2) is 9.26. The van der Waals surface area contributed by atoms with E-state index in [0.717, 1.165) is 25.2 Å². The van der Waals surface area contributed by atoms with E-state index >= 15 is 0 Å². The summed E-state index contributed by atoms with van der Waals surface area (Å²) in [6.45, 7) is 8.63. The summed E-state index contributed by atoms with van der Waals surface area (Å²) in [5.41, 5.74) is 3.68. The van der Waals surface area contributed by atoms with E-state index in [1.807, 2.05) is 19.1 Å². The molecule has 1 unspecified atom stereocenters. The molecule has 0 spiro atoms. The SMILES string of the molecule is CC(=O)NC(C)CCc1ccc(-c2ccc(OCC(C)C)cc2)cc1. The van der Waals surface area contributed by atoms with Crippen molar-refractivity contribution in [2.24, 2.45) is 5.92 Å². The first-order valence-corrected chi connectivity index (χ1v) is 9.03. The molecule has 0 bridgehead atoms. The van der Waals surface area contributed by atoms with E-state index in [-0.39, 0.29) is 11.9 Å². The molecule has 0 fully saturated rings. The van der Waals surface area contributed by atoms with Crippen LogP contribution in [0.1, 0.15) is 39.7 Å². The molecule has 134 valence electrons. The number of aryl methyl sites for hydroxylation is 1. The number of ether oxygens (including phenoxy) is 1. The maximum atomic E-state index is 11.0. The summed E-state index contributed by atoms with van der Waals surface area (Å²) in [6.07, 6.45) is 1.91. The summed E-state index contributed by atoms with van der Waals surface area (Å²) in [6, 6.07) is 17.1. The zero-order valence-electron chi connectivity index (χ0n) is 15.7. The second-order valence-electron chi connectivity index (χ2n) is 7.07. The van der Waals surface area contributed by atoms with Gasteiger partial charge in [0.1, 0.15) is 5.75 Å². The van der Waals surface area contributed by atoms with E-state index in [1.165, 1.54) is 16.7 Å². The molecule has 0 aromatic heterocycles. The van der Waals surface area contributed by atoms with Gasteiger partial charge in [0.2, 0.25) is 5.91 Å². The molecule has 0 radical (unpaired) electrons. The minimum atomic E-state index is 0.0312. The number of hydrogen-bond donors (Lipinski definition) is 1. The van der Waals surface area contributed by atoms with Gasteiger partial charge in [0.05, 0.1) is 6.61 Å². The van der Waals surface area contributed by atoms with Crippen LogP contribution in [0.4, 0.5) is 0 Å². The Balaban J connectivity index is 1.92. The fourth-order valence-corrected chi connectivity index (χ4v) is 2.67. The smallest absolute Gasteiger partial charge is 0.217 e. The van der Waals surface area contributed by atoms with Gasteiger partial charge in [-0.2, -0.15) is 0 Å². The summed E-state index contributed by atoms with van der Waals surface area (Å²) in [5.74, 6) is 1.48. The normalized spacial score (nSPS) is 12.0. The van der Waals surface area contributed by atoms with Gasteiger partial charge in [-0.3, -0.25) is 4.79 Å². The third-order valence-corrected chi connectivity index (χ3v) is 4.04. The maximum Gasteiger partial charge on any atom is 0.217 e. The zero-order chi connectivity index (χ0) is 18.2. The van der Waals surface area contributed by atoms with Gasteiger partial charge in [-0.1, -0.05) is 50.2 Å². The lowest BCUT2D eigenvalue weighted by molar-refractivity contribution is -0.119. The Kier molecular flexibility index (Phi) is 7.05. The van der Waals surface area contributed by atoms with Crippen molar-refractivity contribution in [2.75, 3.05) is 6.61 Å². The highest BCUT2D eigenvalue weighted by molar-refractivity contribution is 5.73. The van der Waals surface area contributed by atoms with Crippen molar-refractivity contribution < 1.29 is 9.53 Å². The Bertz CT molecular complexity index is 659. The molecule has 0 heterocycles. The number of rotatable bonds is 8. The lowest BCUT2D eigenvalue weighted by Crippen LogP contribution is -2.30. The first kappa shape index (κ1) is 19.0. The van der Waals surface area contributed by atoms with Gasteiger partial charge in [0, 0.05) is 13.0 Å². The molecule has 2 aromatic rings. The van der Waals surface area contributed by atoms with Crippen LogP contribution in [0.2, 0.25) is 0 Å². The van der Waals surface area contributed by atoms with Crippen LogP contribution in [-0.4, -0.2) is 18.6 Å². The minimum absolute atomic E-state index is 0.0312. The van der Waals surface area contributed by atoms with Crippen LogP contribution in [0.3, 0.4) is 0 Å². The Morgan fingerprint density at radius 1 is 0.960 bits per heavy atom. The van der Waals surface area contributed by atoms with Crippen LogP contribution in [0.25, 0.3) is 11.1 Å². The van der Waals surface area contributed by atoms with Gasteiger partial charge in [-0.15, -0.1) is 0 Å². The van der Waals surface area contributed by atoms with Gasteiger partial charge < -0.3 is 10.1 Å². The van der Waals surface area contributed by atoms with Gasteiger partial charge in [0.25, 0.3) is 0 Å². The summed E-state index contributed by atoms with van der Waals surface area (Å²) in [7, 11) is 0. The van der Waals surface area contributed by atoms with E-state index < -0.39 is 0 Å². The van der Waals surface area contributed by atoms with Crippen molar-refractivity contribution in [3.8, 4) is 16.9 Å². The van der Waals surface area contributed by atoms with Gasteiger partial charge >= 0.3 is 0 Å². The largest absolute Gasteiger partial charge is 0.493 e. The van der Waals surface area contributed by atoms with Crippen molar-refractivity contribution in [3.05, 3.63) is 54.1 Å². The lowest BCUT2D eigenvalue weighted by Gasteiger charge is -2.12. The molecule has 0 aliphatic carbocycles. The standard InChI is InChI=1S/C22H29NO2/c1-16(2)15-25-22-13-11-21(12-14-22)20-9-7-19(8-10-20)6-5-17(3)23-18(4)24/h7-14,16-17H,5-6,15H2,1-4H3,(H,23,24). The number of carbonyl (C=O) groups is 1. The molecule has 0 saturated heterocycles. The highest BCUT2D eigenvalue weighted by Crippen LogP contribution is 2.23. The van der Waals surface area contributed by atoms with Crippen LogP contribution in [0.5, 0.6) is 5.75 Å². The van der Waals surface area contributed by atoms with Crippen LogP contribution in [0, 0.1) is 5.92 Å². The van der Waals surface area contributed by atoms with Crippen LogP contribution >= 0.6 is 0 Å². The molecule has 3 heteroatoms. The second-order valence-corrected chi connectivity index (χ2v) is 7.07. The van der Waals surface area contributed by atoms with Gasteiger partial charge in [0.15, 0.2) is 0 Å². The van der Waals surface area contributed by atoms with Crippen LogP contribution in [0.15, 0.2) is 48.5 Å². The number of hydrogen-bond acceptors (Lipinski definition) is 2. The van der Waals surface area contributed by atoms with Crippen molar-refractivity contribution >= 4 is 5.91 Å². The Morgan fingerprint density at radius 2 is 1.52 bits per heavy atom. The molecule has 2 aromatic carbocycles. The predicted molar refractivity (Wildman–Crippen MR) is 104 cm³/mol. The van der Waals surface area contributed by atoms with Gasteiger partial charge in [-0.25, -0.2) is 0 Å². The molecule has 1 N–H and O–H groups in total. The number of carbonyl (C=O) groups excluding carboxylic acids is 1. The van der Waals surface area contributed by atoms with Crippen molar-refractivity contribution in [3.63, 3.8) is 0 Å². The minimum Gasteiger partial charge on any atom is -0.493 e. The highest BCUT2D eigenvalue weighted by atomic mass is 16.5. The molecule has 1 atom stereocenters. The maximum absolute atomic E-state index is 11.0. The van der Waals surface area contributed by atoms with Crippen LogP contribution in [-0.2, 0) is 11.2 Å². The fraction of sp³-hybridized carbons (Fsp3) is 0.409. The zero-order valence-corrected chi connectivity index (χ0v) is 15.7. The number of nitrogens with one attached hydrogen (secondary N) is 1. The van der Waals surface area contributed by atoms with E-state index in [9.17, 15) is 4.79 Å². The summed E-state index contributed by atoms with van der Waals surface area (Å²) in [5, 5.41) is 2.92. The number of amides is 1. The summed E-state index contributed by atoms with van der Waals surface area (Å²) < 4.78 is 5.73. The Hall–Kier alpha value is -2.29. The predicted octanol–water partition coefficient (Wildman–Crippen LogP) is 4.85. The first-order chi connectivity index (χ1) is 11.9. The number of benzene rings is 2. The molecule has 1 amide bonds. The van der Waals surface area contributed by atoms with E-state index in [1.54, 1.807) is 6.92 Å². The quantitative estimate of drug-likeness (QED) is 0.747. The molecule has 3 nitrogen and oxygen atoms in total. The van der Waals surface area contributed by atoms with Crippen molar-refractivity contribution in [2.45, 2.75) is 46.6 Å². The lowest BCUT2D eigenvalue weighted by atomic mass is 10.0. The highest BCUT2D eigenvalue weighted by Gasteiger charge is 2.05. The van der Waals surface area contributed by atoms with E-state index in [4.69, 9.17) is 4.74 Å².